The van der Waals surface area contributed by atoms with Crippen molar-refractivity contribution in [1.29, 1.82) is 0 Å². The number of nitrogens with zero attached hydrogens (tertiary/aromatic N) is 1. The fourth-order valence-electron chi connectivity index (χ4n) is 4.55. The van der Waals surface area contributed by atoms with Gasteiger partial charge in [-0.05, 0) is 18.6 Å². The van der Waals surface area contributed by atoms with Crippen molar-refractivity contribution in [3.05, 3.63) is 30.3 Å². The fraction of sp³-hybridized carbons (Fsp3) is 0.741. The summed E-state index contributed by atoms with van der Waals surface area (Å²) in [7, 11) is 0. The van der Waals surface area contributed by atoms with Gasteiger partial charge in [-0.25, -0.2) is 10.4 Å². The van der Waals surface area contributed by atoms with E-state index in [-0.39, 0.29) is 17.9 Å². The van der Waals surface area contributed by atoms with Crippen LogP contribution in [0.2, 0.25) is 0 Å². The number of rotatable bonds is 17. The Morgan fingerprint density at radius 2 is 1.20 bits per heavy atom. The van der Waals surface area contributed by atoms with Crippen molar-refractivity contribution >= 4 is 11.6 Å². The number of benzene rings is 1. The minimum absolute atomic E-state index is 0.0665. The third-order valence-corrected chi connectivity index (χ3v) is 6.64. The standard InChI is InChI=1S/C27H46N2O/c1-3-4-5-6-7-8-9-10-11-12-13-14-15-16-20-23-26-24(2)27(30)29(28-26)25-21-18-17-19-22-25/h17-19,21-22,24,26,28H,3-16,20,23H2,1-2H3. The van der Waals surface area contributed by atoms with E-state index in [9.17, 15) is 4.79 Å². The minimum Gasteiger partial charge on any atom is -0.273 e. The largest absolute Gasteiger partial charge is 0.273 e. The first-order chi connectivity index (χ1) is 14.7. The summed E-state index contributed by atoms with van der Waals surface area (Å²) in [5.41, 5.74) is 4.39. The molecule has 1 heterocycles. The van der Waals surface area contributed by atoms with Gasteiger partial charge in [0.2, 0.25) is 5.91 Å². The van der Waals surface area contributed by atoms with Crippen LogP contribution in [0.15, 0.2) is 30.3 Å². The second-order valence-electron chi connectivity index (χ2n) is 9.27. The molecule has 1 amide bonds. The van der Waals surface area contributed by atoms with E-state index < -0.39 is 0 Å². The Labute approximate surface area is 186 Å². The molecule has 0 bridgehead atoms. The average Bonchev–Trinajstić information content (AvgIpc) is 3.05. The topological polar surface area (TPSA) is 32.3 Å². The number of carbonyl (C=O) groups excluding carboxylic acids is 1. The molecule has 1 aliphatic rings. The summed E-state index contributed by atoms with van der Waals surface area (Å²) in [6.07, 6.45) is 22.0. The van der Waals surface area contributed by atoms with E-state index in [0.717, 1.165) is 12.1 Å². The molecular formula is C27H46N2O. The van der Waals surface area contributed by atoms with Gasteiger partial charge in [0.25, 0.3) is 0 Å². The second kappa shape index (κ2) is 15.5. The van der Waals surface area contributed by atoms with E-state index in [1.54, 1.807) is 5.01 Å². The van der Waals surface area contributed by atoms with Crippen LogP contribution >= 0.6 is 0 Å². The highest BCUT2D eigenvalue weighted by Gasteiger charge is 2.37. The Bertz CT molecular complexity index is 559. The molecule has 2 rings (SSSR count). The summed E-state index contributed by atoms with van der Waals surface area (Å²) in [6.45, 7) is 4.35. The van der Waals surface area contributed by atoms with Crippen LogP contribution < -0.4 is 10.4 Å². The van der Waals surface area contributed by atoms with Crippen LogP contribution in [-0.2, 0) is 4.79 Å². The fourth-order valence-corrected chi connectivity index (χ4v) is 4.55. The van der Waals surface area contributed by atoms with Gasteiger partial charge < -0.3 is 0 Å². The van der Waals surface area contributed by atoms with E-state index in [0.29, 0.717) is 0 Å². The van der Waals surface area contributed by atoms with Gasteiger partial charge in [0.15, 0.2) is 0 Å². The number of unbranched alkanes of at least 4 members (excludes halogenated alkanes) is 14. The van der Waals surface area contributed by atoms with Gasteiger partial charge in [-0.15, -0.1) is 0 Å². The molecule has 1 aromatic carbocycles. The number of hydrogen-bond acceptors (Lipinski definition) is 2. The van der Waals surface area contributed by atoms with Crippen LogP contribution in [0.4, 0.5) is 5.69 Å². The third kappa shape index (κ3) is 9.20. The number of carbonyl (C=O) groups is 1. The SMILES string of the molecule is CCCCCCCCCCCCCCCCCC1NN(c2ccccc2)C(=O)C1C. The smallest absolute Gasteiger partial charge is 0.245 e. The quantitative estimate of drug-likeness (QED) is 0.264. The van der Waals surface area contributed by atoms with Crippen molar-refractivity contribution < 1.29 is 4.79 Å². The Balaban J connectivity index is 1.42. The lowest BCUT2D eigenvalue weighted by molar-refractivity contribution is -0.120. The maximum atomic E-state index is 12.5. The number of hydrogen-bond donors (Lipinski definition) is 1. The molecule has 1 saturated heterocycles. The molecule has 0 saturated carbocycles. The highest BCUT2D eigenvalue weighted by atomic mass is 16.2. The summed E-state index contributed by atoms with van der Waals surface area (Å²) in [4.78, 5) is 12.5. The highest BCUT2D eigenvalue weighted by Crippen LogP contribution is 2.25. The molecule has 0 aromatic heterocycles. The lowest BCUT2D eigenvalue weighted by Gasteiger charge is -2.18. The van der Waals surface area contributed by atoms with Crippen LogP contribution in [0.25, 0.3) is 0 Å². The predicted molar refractivity (Wildman–Crippen MR) is 130 cm³/mol. The van der Waals surface area contributed by atoms with Gasteiger partial charge in [-0.2, -0.15) is 0 Å². The van der Waals surface area contributed by atoms with Gasteiger partial charge >= 0.3 is 0 Å². The van der Waals surface area contributed by atoms with Crippen molar-refractivity contribution in [2.75, 3.05) is 5.01 Å². The summed E-state index contributed by atoms with van der Waals surface area (Å²) < 4.78 is 0. The molecule has 0 spiro atoms. The van der Waals surface area contributed by atoms with Crippen molar-refractivity contribution in [1.82, 2.24) is 5.43 Å². The molecule has 0 radical (unpaired) electrons. The number of anilines is 1. The number of hydrazine groups is 1. The Hall–Kier alpha value is -1.35. The monoisotopic (exact) mass is 414 g/mol. The first kappa shape index (κ1) is 24.9. The maximum Gasteiger partial charge on any atom is 0.245 e. The molecule has 2 unspecified atom stereocenters. The first-order valence-electron chi connectivity index (χ1n) is 12.9. The van der Waals surface area contributed by atoms with E-state index in [1.807, 2.05) is 30.3 Å². The Morgan fingerprint density at radius 3 is 1.70 bits per heavy atom. The average molecular weight is 415 g/mol. The van der Waals surface area contributed by atoms with Gasteiger partial charge in [0.1, 0.15) is 0 Å². The molecule has 3 heteroatoms. The summed E-state index contributed by atoms with van der Waals surface area (Å²) >= 11 is 0. The zero-order valence-electron chi connectivity index (χ0n) is 19.7. The molecule has 0 aliphatic carbocycles. The normalized spacial score (nSPS) is 19.0. The minimum atomic E-state index is 0.0665. The van der Waals surface area contributed by atoms with Crippen molar-refractivity contribution in [3.63, 3.8) is 0 Å². The van der Waals surface area contributed by atoms with Crippen molar-refractivity contribution in [3.8, 4) is 0 Å². The van der Waals surface area contributed by atoms with E-state index in [2.05, 4.69) is 19.3 Å². The van der Waals surface area contributed by atoms with Crippen molar-refractivity contribution in [2.45, 2.75) is 123 Å². The zero-order valence-corrected chi connectivity index (χ0v) is 19.7. The molecule has 1 fully saturated rings. The number of nitrogens with one attached hydrogen (secondary N) is 1. The van der Waals surface area contributed by atoms with E-state index in [4.69, 9.17) is 0 Å². The van der Waals surface area contributed by atoms with Crippen LogP contribution in [0.5, 0.6) is 0 Å². The van der Waals surface area contributed by atoms with Crippen LogP contribution in [-0.4, -0.2) is 11.9 Å². The zero-order chi connectivity index (χ0) is 21.4. The second-order valence-corrected chi connectivity index (χ2v) is 9.27. The molecular weight excluding hydrogens is 368 g/mol. The summed E-state index contributed by atoms with van der Waals surface area (Å²) in [6, 6.07) is 10.2. The van der Waals surface area contributed by atoms with Crippen LogP contribution in [0.1, 0.15) is 117 Å². The molecule has 2 atom stereocenters. The van der Waals surface area contributed by atoms with E-state index in [1.165, 1.54) is 96.3 Å². The lowest BCUT2D eigenvalue weighted by Crippen LogP contribution is -2.37. The molecule has 1 aromatic rings. The molecule has 1 N–H and O–H groups in total. The molecule has 1 aliphatic heterocycles. The van der Waals surface area contributed by atoms with Crippen LogP contribution in [0, 0.1) is 5.92 Å². The molecule has 30 heavy (non-hydrogen) atoms. The van der Waals surface area contributed by atoms with Crippen LogP contribution in [0.3, 0.4) is 0 Å². The third-order valence-electron chi connectivity index (χ3n) is 6.64. The Morgan fingerprint density at radius 1 is 0.733 bits per heavy atom. The predicted octanol–water partition coefficient (Wildman–Crippen LogP) is 7.80. The van der Waals surface area contributed by atoms with Crippen molar-refractivity contribution in [2.24, 2.45) is 5.92 Å². The molecule has 170 valence electrons. The number of amides is 1. The maximum absolute atomic E-state index is 12.5. The summed E-state index contributed by atoms with van der Waals surface area (Å²) in [5.74, 6) is 0.268. The lowest BCUT2D eigenvalue weighted by atomic mass is 9.97. The Kier molecular flexibility index (Phi) is 12.8. The van der Waals surface area contributed by atoms with Gasteiger partial charge in [0.05, 0.1) is 11.6 Å². The number of para-hydroxylation sites is 1. The van der Waals surface area contributed by atoms with Gasteiger partial charge in [-0.1, -0.05) is 128 Å². The summed E-state index contributed by atoms with van der Waals surface area (Å²) in [5, 5.41) is 1.75. The molecule has 3 nitrogen and oxygen atoms in total. The van der Waals surface area contributed by atoms with Gasteiger partial charge in [-0.3, -0.25) is 4.79 Å². The highest BCUT2D eigenvalue weighted by molar-refractivity contribution is 5.96. The first-order valence-corrected chi connectivity index (χ1v) is 12.9. The van der Waals surface area contributed by atoms with Gasteiger partial charge in [0, 0.05) is 6.04 Å². The van der Waals surface area contributed by atoms with E-state index >= 15 is 0 Å².